The third-order valence-corrected chi connectivity index (χ3v) is 3.58. The standard InChI is InChI=1S/C16H18N2O3/c1-10-9-14(11(2)18(10)3)15(19)17-13-7-5-12(6-8-13)16(20)21-4/h5-9H,1-4H3,(H,17,19). The summed E-state index contributed by atoms with van der Waals surface area (Å²) < 4.78 is 6.60. The van der Waals surface area contributed by atoms with Crippen LogP contribution in [0.2, 0.25) is 0 Å². The number of esters is 1. The number of carbonyl (C=O) groups is 2. The van der Waals surface area contributed by atoms with Gasteiger partial charge >= 0.3 is 5.97 Å². The Balaban J connectivity index is 2.16. The third kappa shape index (κ3) is 2.97. The summed E-state index contributed by atoms with van der Waals surface area (Å²) in [5, 5.41) is 2.82. The topological polar surface area (TPSA) is 60.3 Å². The monoisotopic (exact) mass is 286 g/mol. The summed E-state index contributed by atoms with van der Waals surface area (Å²) in [5.41, 5.74) is 3.66. The molecule has 1 aromatic carbocycles. The number of nitrogens with one attached hydrogen (secondary N) is 1. The van der Waals surface area contributed by atoms with Crippen molar-refractivity contribution in [1.29, 1.82) is 0 Å². The summed E-state index contributed by atoms with van der Waals surface area (Å²) in [4.78, 5) is 23.6. The van der Waals surface area contributed by atoms with Crippen molar-refractivity contribution in [3.8, 4) is 0 Å². The molecule has 2 rings (SSSR count). The Hall–Kier alpha value is -2.56. The fraction of sp³-hybridized carbons (Fsp3) is 0.250. The summed E-state index contributed by atoms with van der Waals surface area (Å²) >= 11 is 0. The molecule has 1 aromatic heterocycles. The van der Waals surface area contributed by atoms with Crippen LogP contribution >= 0.6 is 0 Å². The van der Waals surface area contributed by atoms with Crippen LogP contribution in [-0.2, 0) is 11.8 Å². The lowest BCUT2D eigenvalue weighted by Crippen LogP contribution is -2.13. The van der Waals surface area contributed by atoms with E-state index in [1.165, 1.54) is 7.11 Å². The molecule has 1 N–H and O–H groups in total. The van der Waals surface area contributed by atoms with E-state index in [0.717, 1.165) is 11.4 Å². The van der Waals surface area contributed by atoms with Gasteiger partial charge in [-0.1, -0.05) is 0 Å². The second-order valence-electron chi connectivity index (χ2n) is 4.87. The molecule has 110 valence electrons. The Bertz CT molecular complexity index is 684. The molecule has 0 aliphatic heterocycles. The van der Waals surface area contributed by atoms with E-state index in [1.54, 1.807) is 24.3 Å². The molecular formula is C16H18N2O3. The number of ether oxygens (including phenoxy) is 1. The summed E-state index contributed by atoms with van der Waals surface area (Å²) in [5.74, 6) is -0.565. The van der Waals surface area contributed by atoms with Gasteiger partial charge in [0.25, 0.3) is 5.91 Å². The van der Waals surface area contributed by atoms with Crippen molar-refractivity contribution in [1.82, 2.24) is 4.57 Å². The molecule has 0 bridgehead atoms. The molecule has 2 aromatic rings. The molecule has 1 amide bonds. The number of carbonyl (C=O) groups excluding carboxylic acids is 2. The second-order valence-corrected chi connectivity index (χ2v) is 4.87. The summed E-state index contributed by atoms with van der Waals surface area (Å²) in [6.07, 6.45) is 0. The number of hydrogen-bond acceptors (Lipinski definition) is 3. The van der Waals surface area contributed by atoms with E-state index < -0.39 is 5.97 Å². The highest BCUT2D eigenvalue weighted by Gasteiger charge is 2.14. The van der Waals surface area contributed by atoms with Gasteiger partial charge in [-0.05, 0) is 44.2 Å². The van der Waals surface area contributed by atoms with Crippen molar-refractivity contribution in [2.75, 3.05) is 12.4 Å². The molecule has 0 aliphatic rings. The van der Waals surface area contributed by atoms with Gasteiger partial charge in [-0.3, -0.25) is 4.79 Å². The molecule has 0 saturated heterocycles. The number of nitrogens with zero attached hydrogens (tertiary/aromatic N) is 1. The van der Waals surface area contributed by atoms with Gasteiger partial charge in [0.1, 0.15) is 0 Å². The molecule has 21 heavy (non-hydrogen) atoms. The maximum atomic E-state index is 12.3. The zero-order chi connectivity index (χ0) is 15.6. The number of amides is 1. The van der Waals surface area contributed by atoms with Crippen molar-refractivity contribution in [2.45, 2.75) is 13.8 Å². The Labute approximate surface area is 123 Å². The normalized spacial score (nSPS) is 10.3. The molecule has 0 fully saturated rings. The van der Waals surface area contributed by atoms with Crippen LogP contribution in [0.5, 0.6) is 0 Å². The van der Waals surface area contributed by atoms with Crippen LogP contribution < -0.4 is 5.32 Å². The minimum Gasteiger partial charge on any atom is -0.465 e. The first-order chi connectivity index (χ1) is 9.93. The molecule has 0 aliphatic carbocycles. The van der Waals surface area contributed by atoms with Crippen LogP contribution in [0.3, 0.4) is 0 Å². The van der Waals surface area contributed by atoms with Crippen molar-refractivity contribution in [2.24, 2.45) is 7.05 Å². The van der Waals surface area contributed by atoms with Crippen LogP contribution in [-0.4, -0.2) is 23.6 Å². The van der Waals surface area contributed by atoms with Crippen LogP contribution in [0.4, 0.5) is 5.69 Å². The Morgan fingerprint density at radius 2 is 1.76 bits per heavy atom. The van der Waals surface area contributed by atoms with Crippen LogP contribution in [0.1, 0.15) is 32.1 Å². The number of methoxy groups -OCH3 is 1. The molecule has 0 radical (unpaired) electrons. The smallest absolute Gasteiger partial charge is 0.337 e. The summed E-state index contributed by atoms with van der Waals surface area (Å²) in [7, 11) is 3.26. The quantitative estimate of drug-likeness (QED) is 0.882. The van der Waals surface area contributed by atoms with Gasteiger partial charge in [-0.25, -0.2) is 4.79 Å². The van der Waals surface area contributed by atoms with Crippen molar-refractivity contribution >= 4 is 17.6 Å². The predicted molar refractivity (Wildman–Crippen MR) is 80.6 cm³/mol. The van der Waals surface area contributed by atoms with Crippen molar-refractivity contribution in [3.05, 3.63) is 52.8 Å². The fourth-order valence-corrected chi connectivity index (χ4v) is 2.09. The van der Waals surface area contributed by atoms with E-state index in [1.807, 2.05) is 31.5 Å². The summed E-state index contributed by atoms with van der Waals surface area (Å²) in [6.45, 7) is 3.86. The number of hydrogen-bond donors (Lipinski definition) is 1. The zero-order valence-electron chi connectivity index (χ0n) is 12.6. The number of benzene rings is 1. The second kappa shape index (κ2) is 5.83. The van der Waals surface area contributed by atoms with Crippen LogP contribution in [0, 0.1) is 13.8 Å². The average Bonchev–Trinajstić information content (AvgIpc) is 2.75. The van der Waals surface area contributed by atoms with E-state index in [0.29, 0.717) is 16.8 Å². The molecule has 5 heteroatoms. The van der Waals surface area contributed by atoms with E-state index in [4.69, 9.17) is 0 Å². The SMILES string of the molecule is COC(=O)c1ccc(NC(=O)c2cc(C)n(C)c2C)cc1. The Morgan fingerprint density at radius 3 is 2.24 bits per heavy atom. The fourth-order valence-electron chi connectivity index (χ4n) is 2.09. The first-order valence-electron chi connectivity index (χ1n) is 6.56. The van der Waals surface area contributed by atoms with Gasteiger partial charge in [-0.15, -0.1) is 0 Å². The number of aryl methyl sites for hydroxylation is 1. The maximum Gasteiger partial charge on any atom is 0.337 e. The number of aromatic nitrogens is 1. The van der Waals surface area contributed by atoms with Gasteiger partial charge in [0.2, 0.25) is 0 Å². The minimum atomic E-state index is -0.401. The van der Waals surface area contributed by atoms with Crippen molar-refractivity contribution in [3.63, 3.8) is 0 Å². The van der Waals surface area contributed by atoms with Gasteiger partial charge in [0.15, 0.2) is 0 Å². The zero-order valence-corrected chi connectivity index (χ0v) is 12.6. The first-order valence-corrected chi connectivity index (χ1v) is 6.56. The van der Waals surface area contributed by atoms with E-state index in [2.05, 4.69) is 10.1 Å². The lowest BCUT2D eigenvalue weighted by Gasteiger charge is -2.06. The van der Waals surface area contributed by atoms with E-state index in [9.17, 15) is 9.59 Å². The maximum absolute atomic E-state index is 12.3. The highest BCUT2D eigenvalue weighted by molar-refractivity contribution is 6.05. The van der Waals surface area contributed by atoms with Gasteiger partial charge < -0.3 is 14.6 Å². The van der Waals surface area contributed by atoms with E-state index in [-0.39, 0.29) is 5.91 Å². The number of rotatable bonds is 3. The molecule has 0 unspecified atom stereocenters. The predicted octanol–water partition coefficient (Wildman–Crippen LogP) is 2.68. The summed E-state index contributed by atoms with van der Waals surface area (Å²) in [6, 6.07) is 8.44. The largest absolute Gasteiger partial charge is 0.465 e. The highest BCUT2D eigenvalue weighted by Crippen LogP contribution is 2.16. The third-order valence-electron chi connectivity index (χ3n) is 3.58. The van der Waals surface area contributed by atoms with Gasteiger partial charge in [-0.2, -0.15) is 0 Å². The molecule has 0 saturated carbocycles. The minimum absolute atomic E-state index is 0.165. The van der Waals surface area contributed by atoms with Gasteiger partial charge in [0, 0.05) is 24.1 Å². The lowest BCUT2D eigenvalue weighted by molar-refractivity contribution is 0.0600. The van der Waals surface area contributed by atoms with Gasteiger partial charge in [0.05, 0.1) is 18.2 Å². The van der Waals surface area contributed by atoms with Crippen molar-refractivity contribution < 1.29 is 14.3 Å². The first kappa shape index (κ1) is 14.8. The highest BCUT2D eigenvalue weighted by atomic mass is 16.5. The number of anilines is 1. The van der Waals surface area contributed by atoms with E-state index >= 15 is 0 Å². The molecule has 0 spiro atoms. The van der Waals surface area contributed by atoms with Crippen LogP contribution in [0.25, 0.3) is 0 Å². The molecule has 0 atom stereocenters. The Morgan fingerprint density at radius 1 is 1.14 bits per heavy atom. The average molecular weight is 286 g/mol. The molecular weight excluding hydrogens is 268 g/mol. The Kier molecular flexibility index (Phi) is 4.12. The lowest BCUT2D eigenvalue weighted by atomic mass is 10.2. The molecule has 5 nitrogen and oxygen atoms in total. The van der Waals surface area contributed by atoms with Crippen LogP contribution in [0.15, 0.2) is 30.3 Å². The molecule has 1 heterocycles.